The molecule has 0 spiro atoms. The molecule has 1 aromatic heterocycles. The zero-order chi connectivity index (χ0) is 13.5. The first-order valence-corrected chi connectivity index (χ1v) is 6.21. The summed E-state index contributed by atoms with van der Waals surface area (Å²) < 4.78 is 4.93. The molecule has 2 N–H and O–H groups in total. The van der Waals surface area contributed by atoms with Crippen LogP contribution < -0.4 is 5.32 Å². The normalized spacial score (nSPS) is 12.9. The molecular formula is C12H21N3O3. The Hall–Kier alpha value is -1.40. The second-order valence-electron chi connectivity index (χ2n) is 4.25. The number of hydrogen-bond acceptors (Lipinski definition) is 5. The summed E-state index contributed by atoms with van der Waals surface area (Å²) in [4.78, 5) is 12.9. The number of nitrogens with one attached hydrogen (secondary N) is 1. The van der Waals surface area contributed by atoms with Crippen LogP contribution in [0.4, 0.5) is 0 Å². The number of nitrogens with zero attached hydrogens (tertiary/aromatic N) is 2. The largest absolute Gasteiger partial charge is 0.476 e. The number of carboxylic acids is 1. The van der Waals surface area contributed by atoms with Crippen LogP contribution in [-0.2, 0) is 6.54 Å². The zero-order valence-corrected chi connectivity index (χ0v) is 11.1. The van der Waals surface area contributed by atoms with E-state index >= 15 is 0 Å². The van der Waals surface area contributed by atoms with Crippen molar-refractivity contribution in [1.82, 2.24) is 15.4 Å². The maximum atomic E-state index is 10.6. The van der Waals surface area contributed by atoms with Gasteiger partial charge in [-0.2, -0.15) is 0 Å². The van der Waals surface area contributed by atoms with Gasteiger partial charge < -0.3 is 19.8 Å². The van der Waals surface area contributed by atoms with E-state index in [9.17, 15) is 4.79 Å². The number of carbonyl (C=O) groups is 1. The monoisotopic (exact) mass is 255 g/mol. The van der Waals surface area contributed by atoms with Gasteiger partial charge in [-0.1, -0.05) is 19.0 Å². The Bertz CT molecular complexity index is 374. The second-order valence-corrected chi connectivity index (χ2v) is 4.25. The molecule has 0 aliphatic rings. The molecule has 1 rings (SSSR count). The van der Waals surface area contributed by atoms with Crippen molar-refractivity contribution < 1.29 is 14.4 Å². The van der Waals surface area contributed by atoms with Crippen LogP contribution in [-0.4, -0.2) is 46.8 Å². The molecule has 0 saturated carbocycles. The number of carboxylic acid groups (broad SMARTS) is 1. The molecule has 6 nitrogen and oxygen atoms in total. The standard InChI is InChI=1S/C12H21N3O3/c1-4-15(5-2)8-9(3)13-7-10-6-11(12(16)17)14-18-10/h6,9,13H,4-5,7-8H2,1-3H3,(H,16,17). The maximum Gasteiger partial charge on any atom is 0.358 e. The van der Waals surface area contributed by atoms with Crippen molar-refractivity contribution in [1.29, 1.82) is 0 Å². The van der Waals surface area contributed by atoms with Gasteiger partial charge in [-0.15, -0.1) is 0 Å². The van der Waals surface area contributed by atoms with Crippen LogP contribution in [0.15, 0.2) is 10.6 Å². The highest BCUT2D eigenvalue weighted by molar-refractivity contribution is 5.85. The summed E-state index contributed by atoms with van der Waals surface area (Å²) >= 11 is 0. The van der Waals surface area contributed by atoms with E-state index in [2.05, 4.69) is 36.1 Å². The zero-order valence-electron chi connectivity index (χ0n) is 11.1. The van der Waals surface area contributed by atoms with Crippen LogP contribution in [0.1, 0.15) is 37.0 Å². The number of aromatic carboxylic acids is 1. The van der Waals surface area contributed by atoms with Crippen LogP contribution in [0.2, 0.25) is 0 Å². The molecule has 102 valence electrons. The van der Waals surface area contributed by atoms with Crippen molar-refractivity contribution in [2.24, 2.45) is 0 Å². The summed E-state index contributed by atoms with van der Waals surface area (Å²) in [5.41, 5.74) is -0.0526. The average Bonchev–Trinajstić information content (AvgIpc) is 2.82. The molecule has 1 heterocycles. The van der Waals surface area contributed by atoms with Gasteiger partial charge in [0.15, 0.2) is 11.5 Å². The molecule has 18 heavy (non-hydrogen) atoms. The molecule has 1 unspecified atom stereocenters. The highest BCUT2D eigenvalue weighted by atomic mass is 16.5. The van der Waals surface area contributed by atoms with Crippen LogP contribution in [0.3, 0.4) is 0 Å². The van der Waals surface area contributed by atoms with Crippen LogP contribution in [0, 0.1) is 0 Å². The van der Waals surface area contributed by atoms with Gasteiger partial charge in [0, 0.05) is 18.7 Å². The first kappa shape index (κ1) is 14.7. The van der Waals surface area contributed by atoms with Crippen LogP contribution in [0.5, 0.6) is 0 Å². The van der Waals surface area contributed by atoms with Crippen molar-refractivity contribution in [3.63, 3.8) is 0 Å². The SMILES string of the molecule is CCN(CC)CC(C)NCc1cc(C(=O)O)no1. The Balaban J connectivity index is 2.37. The Morgan fingerprint density at radius 1 is 1.56 bits per heavy atom. The van der Waals surface area contributed by atoms with Crippen molar-refractivity contribution in [2.75, 3.05) is 19.6 Å². The van der Waals surface area contributed by atoms with E-state index < -0.39 is 5.97 Å². The number of likely N-dealkylation sites (N-methyl/N-ethyl adjacent to an activating group) is 1. The van der Waals surface area contributed by atoms with Gasteiger partial charge in [-0.05, 0) is 20.0 Å². The summed E-state index contributed by atoms with van der Waals surface area (Å²) in [6.07, 6.45) is 0. The Morgan fingerprint density at radius 2 is 2.22 bits per heavy atom. The van der Waals surface area contributed by atoms with Gasteiger partial charge in [-0.25, -0.2) is 4.79 Å². The number of hydrogen-bond donors (Lipinski definition) is 2. The van der Waals surface area contributed by atoms with Gasteiger partial charge in [0.1, 0.15) is 0 Å². The van der Waals surface area contributed by atoms with Crippen LogP contribution in [0.25, 0.3) is 0 Å². The molecule has 0 amide bonds. The van der Waals surface area contributed by atoms with Crippen LogP contribution >= 0.6 is 0 Å². The average molecular weight is 255 g/mol. The molecule has 0 saturated heterocycles. The van der Waals surface area contributed by atoms with Gasteiger partial charge in [0.2, 0.25) is 0 Å². The minimum Gasteiger partial charge on any atom is -0.476 e. The Morgan fingerprint density at radius 3 is 2.72 bits per heavy atom. The molecule has 1 atom stereocenters. The van der Waals surface area contributed by atoms with Gasteiger partial charge >= 0.3 is 5.97 Å². The quantitative estimate of drug-likeness (QED) is 0.726. The summed E-state index contributed by atoms with van der Waals surface area (Å²) in [7, 11) is 0. The predicted molar refractivity (Wildman–Crippen MR) is 67.6 cm³/mol. The van der Waals surface area contributed by atoms with Crippen molar-refractivity contribution in [3.8, 4) is 0 Å². The summed E-state index contributed by atoms with van der Waals surface area (Å²) in [6, 6.07) is 1.75. The molecule has 0 aromatic carbocycles. The summed E-state index contributed by atoms with van der Waals surface area (Å²) in [5.74, 6) is -0.528. The molecular weight excluding hydrogens is 234 g/mol. The molecule has 0 radical (unpaired) electrons. The third kappa shape index (κ3) is 4.46. The minimum absolute atomic E-state index is 0.0526. The fourth-order valence-corrected chi connectivity index (χ4v) is 1.71. The molecule has 0 fully saturated rings. The van der Waals surface area contributed by atoms with E-state index in [1.165, 1.54) is 6.07 Å². The lowest BCUT2D eigenvalue weighted by Gasteiger charge is -2.23. The van der Waals surface area contributed by atoms with E-state index in [0.717, 1.165) is 19.6 Å². The Labute approximate surface area is 107 Å². The van der Waals surface area contributed by atoms with Gasteiger partial charge in [0.05, 0.1) is 6.54 Å². The molecule has 0 bridgehead atoms. The molecule has 0 aliphatic heterocycles. The maximum absolute atomic E-state index is 10.6. The van der Waals surface area contributed by atoms with Gasteiger partial charge in [-0.3, -0.25) is 0 Å². The first-order chi connectivity index (χ1) is 8.56. The molecule has 1 aromatic rings. The Kier molecular flexibility index (Phi) is 5.80. The van der Waals surface area contributed by atoms with E-state index in [1.54, 1.807) is 0 Å². The van der Waals surface area contributed by atoms with E-state index in [1.807, 2.05) is 0 Å². The summed E-state index contributed by atoms with van der Waals surface area (Å²) in [6.45, 7) is 9.84. The number of aromatic nitrogens is 1. The molecule has 6 heteroatoms. The van der Waals surface area contributed by atoms with Gasteiger partial charge in [0.25, 0.3) is 0 Å². The fraction of sp³-hybridized carbons (Fsp3) is 0.667. The van der Waals surface area contributed by atoms with Crippen molar-refractivity contribution in [3.05, 3.63) is 17.5 Å². The second kappa shape index (κ2) is 7.13. The first-order valence-electron chi connectivity index (χ1n) is 6.21. The third-order valence-corrected chi connectivity index (χ3v) is 2.83. The predicted octanol–water partition coefficient (Wildman–Crippen LogP) is 1.19. The molecule has 0 aliphatic carbocycles. The van der Waals surface area contributed by atoms with E-state index in [-0.39, 0.29) is 5.69 Å². The summed E-state index contributed by atoms with van der Waals surface area (Å²) in [5, 5.41) is 15.5. The highest BCUT2D eigenvalue weighted by Gasteiger charge is 2.12. The lowest BCUT2D eigenvalue weighted by Crippen LogP contribution is -2.38. The van der Waals surface area contributed by atoms with E-state index in [4.69, 9.17) is 9.63 Å². The van der Waals surface area contributed by atoms with E-state index in [0.29, 0.717) is 18.3 Å². The lowest BCUT2D eigenvalue weighted by atomic mass is 10.3. The number of rotatable bonds is 8. The minimum atomic E-state index is -1.07. The highest BCUT2D eigenvalue weighted by Crippen LogP contribution is 2.03. The van der Waals surface area contributed by atoms with Crippen molar-refractivity contribution in [2.45, 2.75) is 33.4 Å². The lowest BCUT2D eigenvalue weighted by molar-refractivity contribution is 0.0685. The third-order valence-electron chi connectivity index (χ3n) is 2.83. The topological polar surface area (TPSA) is 78.6 Å². The fourth-order valence-electron chi connectivity index (χ4n) is 1.71. The smallest absolute Gasteiger partial charge is 0.358 e. The van der Waals surface area contributed by atoms with Crippen molar-refractivity contribution >= 4 is 5.97 Å².